The number of hydrogen-bond acceptors (Lipinski definition) is 3. The minimum atomic E-state index is 0.679. The van der Waals surface area contributed by atoms with Gasteiger partial charge in [0.05, 0.1) is 0 Å². The zero-order valence-electron chi connectivity index (χ0n) is 9.90. The van der Waals surface area contributed by atoms with Crippen molar-refractivity contribution in [3.05, 3.63) is 0 Å². The summed E-state index contributed by atoms with van der Waals surface area (Å²) in [5.74, 6) is 0. The third kappa shape index (κ3) is 1.60. The van der Waals surface area contributed by atoms with Crippen LogP contribution in [-0.2, 0) is 0 Å². The molecule has 3 fully saturated rings. The lowest BCUT2D eigenvalue weighted by atomic mass is 9.73. The van der Waals surface area contributed by atoms with Gasteiger partial charge in [0.15, 0.2) is 0 Å². The predicted octanol–water partition coefficient (Wildman–Crippen LogP) is 3.89. The van der Waals surface area contributed by atoms with Crippen molar-refractivity contribution >= 4 is 35.3 Å². The summed E-state index contributed by atoms with van der Waals surface area (Å²) in [6.45, 7) is 9.71. The molecular formula is C12H20S3. The Kier molecular flexibility index (Phi) is 2.62. The van der Waals surface area contributed by atoms with Crippen LogP contribution < -0.4 is 0 Å². The largest absolute Gasteiger partial charge is 0.152 e. The normalized spacial score (nSPS) is 56.0. The van der Waals surface area contributed by atoms with Crippen molar-refractivity contribution in [1.82, 2.24) is 0 Å². The van der Waals surface area contributed by atoms with E-state index >= 15 is 0 Å². The first-order valence-electron chi connectivity index (χ1n) is 6.07. The molecule has 3 saturated heterocycles. The fourth-order valence-corrected chi connectivity index (χ4v) is 7.61. The third-order valence-corrected chi connectivity index (χ3v) is 8.92. The molecule has 6 atom stereocenters. The van der Waals surface area contributed by atoms with Crippen LogP contribution in [0.5, 0.6) is 0 Å². The molecule has 0 aromatic rings. The summed E-state index contributed by atoms with van der Waals surface area (Å²) in [5, 5.41) is 5.75. The maximum absolute atomic E-state index is 2.43. The first-order chi connectivity index (χ1) is 7.11. The second-order valence-electron chi connectivity index (χ2n) is 5.25. The maximum atomic E-state index is 2.43. The standard InChI is InChI=1S/C12H20S3/c1-5-12(9-6(2)13-9,10-7(3)14-10)11-8(4)15-11/h6-11H,5H2,1-4H3. The smallest absolute Gasteiger partial charge is 0.0245 e. The van der Waals surface area contributed by atoms with Gasteiger partial charge in [0.25, 0.3) is 0 Å². The Hall–Kier alpha value is 1.05. The van der Waals surface area contributed by atoms with E-state index < -0.39 is 0 Å². The van der Waals surface area contributed by atoms with Crippen molar-refractivity contribution in [3.8, 4) is 0 Å². The van der Waals surface area contributed by atoms with Crippen LogP contribution in [0.1, 0.15) is 34.1 Å². The fourth-order valence-electron chi connectivity index (χ4n) is 3.34. The first-order valence-corrected chi connectivity index (χ1v) is 8.90. The van der Waals surface area contributed by atoms with Crippen molar-refractivity contribution in [2.45, 2.75) is 65.6 Å². The highest BCUT2D eigenvalue weighted by Crippen LogP contribution is 2.71. The third-order valence-electron chi connectivity index (χ3n) is 4.33. The van der Waals surface area contributed by atoms with E-state index in [2.05, 4.69) is 63.0 Å². The summed E-state index contributed by atoms with van der Waals surface area (Å²) in [6, 6.07) is 0. The van der Waals surface area contributed by atoms with Crippen molar-refractivity contribution < 1.29 is 0 Å². The maximum Gasteiger partial charge on any atom is 0.0245 e. The van der Waals surface area contributed by atoms with E-state index in [1.165, 1.54) is 6.42 Å². The highest BCUT2D eigenvalue weighted by Gasteiger charge is 2.68. The Balaban J connectivity index is 1.85. The molecule has 3 heteroatoms. The summed E-state index contributed by atoms with van der Waals surface area (Å²) in [4.78, 5) is 0. The van der Waals surface area contributed by atoms with Crippen molar-refractivity contribution in [3.63, 3.8) is 0 Å². The molecule has 0 saturated carbocycles. The Bertz CT molecular complexity index is 237. The fraction of sp³-hybridized carbons (Fsp3) is 1.00. The quantitative estimate of drug-likeness (QED) is 0.704. The Labute approximate surface area is 106 Å². The van der Waals surface area contributed by atoms with Crippen LogP contribution in [0.2, 0.25) is 0 Å². The van der Waals surface area contributed by atoms with Crippen molar-refractivity contribution in [1.29, 1.82) is 0 Å². The molecule has 86 valence electrons. The van der Waals surface area contributed by atoms with Crippen LogP contribution in [0.3, 0.4) is 0 Å². The van der Waals surface area contributed by atoms with Gasteiger partial charge >= 0.3 is 0 Å². The highest BCUT2D eigenvalue weighted by atomic mass is 32.2. The molecule has 0 radical (unpaired) electrons. The van der Waals surface area contributed by atoms with E-state index in [4.69, 9.17) is 0 Å². The predicted molar refractivity (Wildman–Crippen MR) is 75.2 cm³/mol. The Morgan fingerprint density at radius 3 is 1.20 bits per heavy atom. The minimum Gasteiger partial charge on any atom is -0.152 e. The summed E-state index contributed by atoms with van der Waals surface area (Å²) in [7, 11) is 0. The Morgan fingerprint density at radius 1 is 0.800 bits per heavy atom. The van der Waals surface area contributed by atoms with Crippen LogP contribution in [-0.4, -0.2) is 31.5 Å². The molecule has 3 heterocycles. The van der Waals surface area contributed by atoms with Gasteiger partial charge in [-0.1, -0.05) is 27.7 Å². The van der Waals surface area contributed by atoms with Crippen molar-refractivity contribution in [2.24, 2.45) is 5.41 Å². The van der Waals surface area contributed by atoms with Crippen LogP contribution in [0.4, 0.5) is 0 Å². The van der Waals surface area contributed by atoms with Crippen LogP contribution in [0, 0.1) is 5.41 Å². The van der Waals surface area contributed by atoms with Gasteiger partial charge in [-0.05, 0) is 6.42 Å². The summed E-state index contributed by atoms with van der Waals surface area (Å²) < 4.78 is 0. The van der Waals surface area contributed by atoms with E-state index in [1.54, 1.807) is 0 Å². The van der Waals surface area contributed by atoms with Crippen LogP contribution in [0.15, 0.2) is 0 Å². The molecular weight excluding hydrogens is 240 g/mol. The minimum absolute atomic E-state index is 0.679. The molecule has 3 rings (SSSR count). The number of rotatable bonds is 4. The SMILES string of the molecule is CCC(C1SC1C)(C1SC1C)C1SC1C. The monoisotopic (exact) mass is 260 g/mol. The molecule has 6 unspecified atom stereocenters. The van der Waals surface area contributed by atoms with Gasteiger partial charge in [0.1, 0.15) is 0 Å². The van der Waals surface area contributed by atoms with E-state index in [1.807, 2.05) is 0 Å². The zero-order valence-corrected chi connectivity index (χ0v) is 12.3. The van der Waals surface area contributed by atoms with Gasteiger partial charge in [-0.25, -0.2) is 0 Å². The molecule has 3 aliphatic heterocycles. The Morgan fingerprint density at radius 2 is 1.07 bits per heavy atom. The van der Waals surface area contributed by atoms with E-state index in [0.29, 0.717) is 5.41 Å². The molecule has 0 amide bonds. The lowest BCUT2D eigenvalue weighted by Crippen LogP contribution is -2.39. The van der Waals surface area contributed by atoms with E-state index in [0.717, 1.165) is 31.5 Å². The molecule has 3 aliphatic rings. The summed E-state index contributed by atoms with van der Waals surface area (Å²) >= 11 is 6.71. The topological polar surface area (TPSA) is 0 Å². The molecule has 0 nitrogen and oxygen atoms in total. The number of hydrogen-bond donors (Lipinski definition) is 0. The van der Waals surface area contributed by atoms with Crippen molar-refractivity contribution in [2.75, 3.05) is 0 Å². The first kappa shape index (κ1) is 11.2. The molecule has 0 aromatic carbocycles. The average Bonchev–Trinajstić information content (AvgIpc) is 3.06. The second kappa shape index (κ2) is 3.52. The molecule has 0 bridgehead atoms. The van der Waals surface area contributed by atoms with Crippen LogP contribution in [0.25, 0.3) is 0 Å². The lowest BCUT2D eigenvalue weighted by Gasteiger charge is -2.32. The highest BCUT2D eigenvalue weighted by molar-refractivity contribution is 8.10. The number of thioether (sulfide) groups is 3. The molecule has 0 aromatic heterocycles. The zero-order chi connectivity index (χ0) is 10.8. The summed E-state index contributed by atoms with van der Waals surface area (Å²) in [5.41, 5.74) is 0.679. The van der Waals surface area contributed by atoms with Gasteiger partial charge in [-0.3, -0.25) is 0 Å². The van der Waals surface area contributed by atoms with Gasteiger partial charge in [-0.2, -0.15) is 35.3 Å². The van der Waals surface area contributed by atoms with Crippen LogP contribution >= 0.6 is 35.3 Å². The van der Waals surface area contributed by atoms with E-state index in [9.17, 15) is 0 Å². The molecule has 0 aliphatic carbocycles. The molecule has 0 spiro atoms. The van der Waals surface area contributed by atoms with Gasteiger partial charge in [0, 0.05) is 36.9 Å². The molecule has 0 N–H and O–H groups in total. The van der Waals surface area contributed by atoms with E-state index in [-0.39, 0.29) is 0 Å². The second-order valence-corrected chi connectivity index (χ2v) is 9.82. The average molecular weight is 260 g/mol. The summed E-state index contributed by atoms with van der Waals surface area (Å²) in [6.07, 6.45) is 1.40. The van der Waals surface area contributed by atoms with Gasteiger partial charge in [-0.15, -0.1) is 0 Å². The van der Waals surface area contributed by atoms with Gasteiger partial charge < -0.3 is 0 Å². The lowest BCUT2D eigenvalue weighted by molar-refractivity contribution is 0.290. The molecule has 15 heavy (non-hydrogen) atoms. The van der Waals surface area contributed by atoms with Gasteiger partial charge in [0.2, 0.25) is 0 Å².